The summed E-state index contributed by atoms with van der Waals surface area (Å²) < 4.78 is 21.8. The van der Waals surface area contributed by atoms with Gasteiger partial charge in [-0.1, -0.05) is 42.3 Å². The zero-order chi connectivity index (χ0) is 13.3. The zero-order valence-electron chi connectivity index (χ0n) is 9.52. The molecule has 0 saturated heterocycles. The van der Waals surface area contributed by atoms with Crippen molar-refractivity contribution >= 4 is 33.0 Å². The molecule has 0 aromatic heterocycles. The van der Waals surface area contributed by atoms with E-state index in [1.165, 1.54) is 13.8 Å². The van der Waals surface area contributed by atoms with Crippen LogP contribution < -0.4 is 0 Å². The van der Waals surface area contributed by atoms with Crippen molar-refractivity contribution in [3.63, 3.8) is 0 Å². The van der Waals surface area contributed by atoms with E-state index < -0.39 is 20.1 Å². The molecule has 0 aliphatic heterocycles. The predicted octanol–water partition coefficient (Wildman–Crippen LogP) is 2.76. The molecule has 3 nitrogen and oxygen atoms in total. The van der Waals surface area contributed by atoms with Gasteiger partial charge in [0.25, 0.3) is 0 Å². The second-order valence-corrected chi connectivity index (χ2v) is 7.94. The van der Waals surface area contributed by atoms with Crippen molar-refractivity contribution in [2.75, 3.05) is 5.75 Å². The fourth-order valence-corrected chi connectivity index (χ4v) is 3.02. The highest BCUT2D eigenvalue weighted by atomic mass is 35.5. The Hall–Kier alpha value is -0.290. The lowest BCUT2D eigenvalue weighted by Crippen LogP contribution is -2.37. The van der Waals surface area contributed by atoms with Gasteiger partial charge in [0.1, 0.15) is 6.10 Å². The van der Waals surface area contributed by atoms with Crippen LogP contribution in [0.5, 0.6) is 0 Å². The molecule has 0 amide bonds. The van der Waals surface area contributed by atoms with E-state index in [9.17, 15) is 13.5 Å². The Morgan fingerprint density at radius 1 is 1.35 bits per heavy atom. The number of aliphatic hydroxyl groups is 1. The van der Waals surface area contributed by atoms with Gasteiger partial charge in [-0.05, 0) is 24.6 Å². The van der Waals surface area contributed by atoms with Crippen molar-refractivity contribution in [3.05, 3.63) is 34.9 Å². The summed E-state index contributed by atoms with van der Waals surface area (Å²) in [7, 11) is -3.57. The van der Waals surface area contributed by atoms with E-state index in [2.05, 4.69) is 0 Å². The number of alkyl halides is 1. The minimum atomic E-state index is -3.57. The van der Waals surface area contributed by atoms with Gasteiger partial charge in [-0.3, -0.25) is 0 Å². The number of halogens is 2. The second kappa shape index (κ2) is 5.14. The van der Waals surface area contributed by atoms with Gasteiger partial charge in [-0.15, -0.1) is 0 Å². The number of sulfone groups is 1. The quantitative estimate of drug-likeness (QED) is 0.869. The van der Waals surface area contributed by atoms with E-state index in [0.717, 1.165) is 0 Å². The van der Waals surface area contributed by atoms with Crippen LogP contribution in [-0.4, -0.2) is 23.5 Å². The number of benzene rings is 1. The zero-order valence-corrected chi connectivity index (χ0v) is 11.9. The summed E-state index contributed by atoms with van der Waals surface area (Å²) in [5.74, 6) is -0.127. The molecule has 1 rings (SSSR count). The van der Waals surface area contributed by atoms with E-state index in [1.807, 2.05) is 0 Å². The number of aliphatic hydroxyl groups excluding tert-OH is 1. The van der Waals surface area contributed by atoms with Crippen molar-refractivity contribution < 1.29 is 13.5 Å². The van der Waals surface area contributed by atoms with E-state index in [4.69, 9.17) is 23.2 Å². The van der Waals surface area contributed by atoms with E-state index in [-0.39, 0.29) is 5.75 Å². The van der Waals surface area contributed by atoms with E-state index in [1.54, 1.807) is 24.3 Å². The maximum Gasteiger partial charge on any atom is 0.172 e. The molecule has 1 aromatic rings. The van der Waals surface area contributed by atoms with Crippen molar-refractivity contribution in [2.24, 2.45) is 0 Å². The summed E-state index contributed by atoms with van der Waals surface area (Å²) in [5.41, 5.74) is 0.420. The molecule has 0 heterocycles. The van der Waals surface area contributed by atoms with Crippen LogP contribution >= 0.6 is 23.2 Å². The molecule has 0 aliphatic rings. The van der Waals surface area contributed by atoms with Gasteiger partial charge in [0.05, 0.1) is 0 Å². The monoisotopic (exact) mass is 296 g/mol. The molecule has 2 unspecified atom stereocenters. The van der Waals surface area contributed by atoms with Crippen LogP contribution in [-0.2, 0) is 9.84 Å². The first-order valence-corrected chi connectivity index (χ1v) is 7.48. The van der Waals surface area contributed by atoms with Crippen molar-refractivity contribution in [1.82, 2.24) is 0 Å². The van der Waals surface area contributed by atoms with Crippen LogP contribution in [0.4, 0.5) is 0 Å². The third kappa shape index (κ3) is 2.94. The largest absolute Gasteiger partial charge is 0.385 e. The molecule has 6 heteroatoms. The van der Waals surface area contributed by atoms with Gasteiger partial charge >= 0.3 is 0 Å². The van der Waals surface area contributed by atoms with Crippen LogP contribution in [0.1, 0.15) is 25.5 Å². The van der Waals surface area contributed by atoms with Gasteiger partial charge < -0.3 is 5.11 Å². The number of hydrogen-bond donors (Lipinski definition) is 1. The topological polar surface area (TPSA) is 54.4 Å². The Bertz CT molecular complexity index is 480. The second-order valence-electron chi connectivity index (χ2n) is 3.84. The Balaban J connectivity index is 3.12. The molecule has 1 N–H and O–H groups in total. The number of rotatable bonds is 4. The Kier molecular flexibility index (Phi) is 4.47. The molecule has 0 fully saturated rings. The molecule has 17 heavy (non-hydrogen) atoms. The van der Waals surface area contributed by atoms with Gasteiger partial charge in [-0.25, -0.2) is 8.42 Å². The average Bonchev–Trinajstić information content (AvgIpc) is 2.28. The summed E-state index contributed by atoms with van der Waals surface area (Å²) in [6.07, 6.45) is -1.30. The van der Waals surface area contributed by atoms with Crippen molar-refractivity contribution in [3.8, 4) is 0 Å². The summed E-state index contributed by atoms with van der Waals surface area (Å²) >= 11 is 11.7. The predicted molar refractivity (Wildman–Crippen MR) is 70.1 cm³/mol. The molecule has 0 radical (unpaired) electrons. The Morgan fingerprint density at radius 2 is 1.82 bits per heavy atom. The molecule has 0 spiro atoms. The van der Waals surface area contributed by atoms with Crippen LogP contribution in [0.25, 0.3) is 0 Å². The first-order valence-electron chi connectivity index (χ1n) is 5.07. The lowest BCUT2D eigenvalue weighted by Gasteiger charge is -2.27. The molecule has 1 aromatic carbocycles. The van der Waals surface area contributed by atoms with Gasteiger partial charge in [0.15, 0.2) is 14.0 Å². The molecular weight excluding hydrogens is 283 g/mol. The van der Waals surface area contributed by atoms with Gasteiger partial charge in [0, 0.05) is 10.8 Å². The SMILES string of the molecule is CCS(=O)(=O)C(C)(Cl)C(O)c1ccc(Cl)cc1. The van der Waals surface area contributed by atoms with Crippen molar-refractivity contribution in [2.45, 2.75) is 24.2 Å². The van der Waals surface area contributed by atoms with Gasteiger partial charge in [-0.2, -0.15) is 0 Å². The fraction of sp³-hybridized carbons (Fsp3) is 0.455. The minimum Gasteiger partial charge on any atom is -0.385 e. The lowest BCUT2D eigenvalue weighted by atomic mass is 10.1. The Labute approximate surface area is 111 Å². The highest BCUT2D eigenvalue weighted by Gasteiger charge is 2.43. The first-order chi connectivity index (χ1) is 7.72. The summed E-state index contributed by atoms with van der Waals surface area (Å²) in [4.78, 5) is 0. The van der Waals surface area contributed by atoms with Crippen LogP contribution in [0.15, 0.2) is 24.3 Å². The minimum absolute atomic E-state index is 0.127. The van der Waals surface area contributed by atoms with E-state index >= 15 is 0 Å². The third-order valence-corrected chi connectivity index (χ3v) is 6.03. The molecule has 0 saturated carbocycles. The van der Waals surface area contributed by atoms with Crippen LogP contribution in [0.3, 0.4) is 0 Å². The summed E-state index contributed by atoms with van der Waals surface area (Å²) in [5, 5.41) is 10.6. The molecular formula is C11H14Cl2O3S. The fourth-order valence-electron chi connectivity index (χ4n) is 1.40. The highest BCUT2D eigenvalue weighted by molar-refractivity contribution is 7.94. The molecule has 2 atom stereocenters. The van der Waals surface area contributed by atoms with Crippen molar-refractivity contribution in [1.29, 1.82) is 0 Å². The standard InChI is InChI=1S/C11H14Cl2O3S/c1-3-17(15,16)11(2,13)10(14)8-4-6-9(12)7-5-8/h4-7,10,14H,3H2,1-2H3. The lowest BCUT2D eigenvalue weighted by molar-refractivity contribution is 0.162. The van der Waals surface area contributed by atoms with Gasteiger partial charge in [0.2, 0.25) is 0 Å². The average molecular weight is 297 g/mol. The summed E-state index contributed by atoms with van der Waals surface area (Å²) in [6.45, 7) is 2.79. The third-order valence-electron chi connectivity index (χ3n) is 2.66. The van der Waals surface area contributed by atoms with Crippen LogP contribution in [0, 0.1) is 0 Å². The summed E-state index contributed by atoms with van der Waals surface area (Å²) in [6, 6.07) is 6.26. The maximum atomic E-state index is 11.8. The first kappa shape index (κ1) is 14.8. The highest BCUT2D eigenvalue weighted by Crippen LogP contribution is 2.37. The molecule has 0 bridgehead atoms. The van der Waals surface area contributed by atoms with Crippen LogP contribution in [0.2, 0.25) is 5.02 Å². The normalized spacial score (nSPS) is 17.5. The maximum absolute atomic E-state index is 11.8. The Morgan fingerprint density at radius 3 is 2.24 bits per heavy atom. The van der Waals surface area contributed by atoms with E-state index in [0.29, 0.717) is 10.6 Å². The molecule has 96 valence electrons. The molecule has 0 aliphatic carbocycles. The smallest absolute Gasteiger partial charge is 0.172 e. The number of hydrogen-bond acceptors (Lipinski definition) is 3.